The fourth-order valence-corrected chi connectivity index (χ4v) is 1.38. The Balaban J connectivity index is 3.09. The van der Waals surface area contributed by atoms with E-state index in [2.05, 4.69) is 20.7 Å². The summed E-state index contributed by atoms with van der Waals surface area (Å²) in [5, 5.41) is 0.218. The Kier molecular flexibility index (Phi) is 3.89. The van der Waals surface area contributed by atoms with E-state index in [9.17, 15) is 9.18 Å². The van der Waals surface area contributed by atoms with Crippen molar-refractivity contribution in [3.63, 3.8) is 0 Å². The maximum Gasteiger partial charge on any atom is 0.341 e. The topological polar surface area (TPSA) is 26.3 Å². The first-order valence-electron chi connectivity index (χ1n) is 3.88. The van der Waals surface area contributed by atoms with Crippen molar-refractivity contribution in [2.75, 3.05) is 6.61 Å². The second kappa shape index (κ2) is 4.75. The zero-order valence-electron chi connectivity index (χ0n) is 7.31. The van der Waals surface area contributed by atoms with Gasteiger partial charge in [0.1, 0.15) is 5.82 Å². The Hall–Kier alpha value is -0.610. The van der Waals surface area contributed by atoms with Crippen LogP contribution in [0.4, 0.5) is 4.39 Å². The maximum absolute atomic E-state index is 13.2. The molecule has 0 aliphatic carbocycles. The van der Waals surface area contributed by atoms with Crippen LogP contribution >= 0.6 is 27.5 Å². The van der Waals surface area contributed by atoms with Crippen LogP contribution in [0.3, 0.4) is 0 Å². The fraction of sp³-hybridized carbons (Fsp3) is 0.222. The van der Waals surface area contributed by atoms with Crippen molar-refractivity contribution in [1.29, 1.82) is 0 Å². The van der Waals surface area contributed by atoms with E-state index in [0.717, 1.165) is 6.07 Å². The monoisotopic (exact) mass is 280 g/mol. The molecular formula is C9H7BrClFO2. The number of hydrogen-bond donors (Lipinski definition) is 0. The van der Waals surface area contributed by atoms with Crippen molar-refractivity contribution < 1.29 is 13.9 Å². The van der Waals surface area contributed by atoms with Crippen molar-refractivity contribution in [3.05, 3.63) is 33.0 Å². The number of halogens is 3. The molecule has 0 bridgehead atoms. The summed E-state index contributed by atoms with van der Waals surface area (Å²) in [6.45, 7) is 1.86. The standard InChI is InChI=1S/C9H7BrClFO2/c1-2-14-9(13)5-3-6(10)7(11)4-8(5)12/h3-4H,2H2,1H3. The SMILES string of the molecule is CCOC(=O)c1cc(Br)c(Cl)cc1F. The van der Waals surface area contributed by atoms with Crippen LogP contribution in [0, 0.1) is 5.82 Å². The van der Waals surface area contributed by atoms with E-state index in [1.807, 2.05) is 0 Å². The first-order valence-corrected chi connectivity index (χ1v) is 5.05. The Morgan fingerprint density at radius 2 is 2.29 bits per heavy atom. The quantitative estimate of drug-likeness (QED) is 0.613. The molecule has 0 radical (unpaired) electrons. The lowest BCUT2D eigenvalue weighted by Crippen LogP contribution is -2.07. The first kappa shape index (κ1) is 11.5. The minimum Gasteiger partial charge on any atom is -0.462 e. The molecule has 0 aliphatic rings. The molecule has 14 heavy (non-hydrogen) atoms. The molecule has 1 aromatic rings. The van der Waals surface area contributed by atoms with Crippen LogP contribution in [0.15, 0.2) is 16.6 Å². The number of rotatable bonds is 2. The zero-order chi connectivity index (χ0) is 10.7. The third-order valence-electron chi connectivity index (χ3n) is 1.51. The van der Waals surface area contributed by atoms with Crippen LogP contribution in [-0.4, -0.2) is 12.6 Å². The second-order valence-corrected chi connectivity index (χ2v) is 3.73. The highest BCUT2D eigenvalue weighted by Crippen LogP contribution is 2.25. The highest BCUT2D eigenvalue weighted by molar-refractivity contribution is 9.10. The predicted molar refractivity (Wildman–Crippen MR) is 55.1 cm³/mol. The highest BCUT2D eigenvalue weighted by Gasteiger charge is 2.14. The van der Waals surface area contributed by atoms with Crippen LogP contribution in [0.1, 0.15) is 17.3 Å². The van der Waals surface area contributed by atoms with E-state index in [1.54, 1.807) is 6.92 Å². The average molecular weight is 282 g/mol. The molecule has 0 aromatic heterocycles. The molecule has 0 heterocycles. The van der Waals surface area contributed by atoms with Crippen molar-refractivity contribution in [1.82, 2.24) is 0 Å². The molecule has 0 amide bonds. The van der Waals surface area contributed by atoms with Gasteiger partial charge in [0.05, 0.1) is 17.2 Å². The molecular weight excluding hydrogens is 274 g/mol. The third kappa shape index (κ3) is 2.45. The highest BCUT2D eigenvalue weighted by atomic mass is 79.9. The summed E-state index contributed by atoms with van der Waals surface area (Å²) in [4.78, 5) is 11.2. The summed E-state index contributed by atoms with van der Waals surface area (Å²) in [7, 11) is 0. The van der Waals surface area contributed by atoms with E-state index < -0.39 is 11.8 Å². The van der Waals surface area contributed by atoms with Gasteiger partial charge >= 0.3 is 5.97 Å². The molecule has 0 saturated carbocycles. The minimum absolute atomic E-state index is 0.122. The number of hydrogen-bond acceptors (Lipinski definition) is 2. The third-order valence-corrected chi connectivity index (χ3v) is 2.70. The summed E-state index contributed by atoms with van der Waals surface area (Å²) in [5.74, 6) is -1.38. The summed E-state index contributed by atoms with van der Waals surface area (Å²) in [6.07, 6.45) is 0. The van der Waals surface area contributed by atoms with E-state index in [4.69, 9.17) is 11.6 Å². The van der Waals surface area contributed by atoms with Gasteiger partial charge in [-0.3, -0.25) is 0 Å². The molecule has 0 N–H and O–H groups in total. The van der Waals surface area contributed by atoms with E-state index in [1.165, 1.54) is 6.07 Å². The summed E-state index contributed by atoms with van der Waals surface area (Å²) in [5.41, 5.74) is -0.122. The number of esters is 1. The number of carbonyl (C=O) groups excluding carboxylic acids is 1. The molecule has 0 saturated heterocycles. The number of benzene rings is 1. The molecule has 0 spiro atoms. The largest absolute Gasteiger partial charge is 0.462 e. The lowest BCUT2D eigenvalue weighted by atomic mass is 10.2. The van der Waals surface area contributed by atoms with E-state index in [0.29, 0.717) is 4.47 Å². The van der Waals surface area contributed by atoms with Gasteiger partial charge in [-0.25, -0.2) is 9.18 Å². The molecule has 76 valence electrons. The van der Waals surface area contributed by atoms with Crippen LogP contribution in [0.25, 0.3) is 0 Å². The number of ether oxygens (including phenoxy) is 1. The molecule has 2 nitrogen and oxygen atoms in total. The van der Waals surface area contributed by atoms with Crippen LogP contribution < -0.4 is 0 Å². The van der Waals surface area contributed by atoms with E-state index >= 15 is 0 Å². The second-order valence-electron chi connectivity index (χ2n) is 2.47. The van der Waals surface area contributed by atoms with Gasteiger partial charge in [0, 0.05) is 4.47 Å². The molecule has 0 atom stereocenters. The Labute approximate surface area is 94.1 Å². The van der Waals surface area contributed by atoms with Gasteiger partial charge in [0.25, 0.3) is 0 Å². The van der Waals surface area contributed by atoms with E-state index in [-0.39, 0.29) is 17.2 Å². The molecule has 5 heteroatoms. The summed E-state index contributed by atoms with van der Waals surface area (Å²) >= 11 is 8.72. The van der Waals surface area contributed by atoms with Gasteiger partial charge in [0.2, 0.25) is 0 Å². The van der Waals surface area contributed by atoms with Crippen molar-refractivity contribution in [2.45, 2.75) is 6.92 Å². The maximum atomic E-state index is 13.2. The molecule has 0 unspecified atom stereocenters. The molecule has 0 aliphatic heterocycles. The van der Waals surface area contributed by atoms with Gasteiger partial charge in [-0.15, -0.1) is 0 Å². The Morgan fingerprint density at radius 3 is 2.86 bits per heavy atom. The Bertz CT molecular complexity index is 368. The van der Waals surface area contributed by atoms with Crippen LogP contribution in [0.2, 0.25) is 5.02 Å². The minimum atomic E-state index is -0.692. The Morgan fingerprint density at radius 1 is 1.64 bits per heavy atom. The van der Waals surface area contributed by atoms with Gasteiger partial charge in [-0.2, -0.15) is 0 Å². The van der Waals surface area contributed by atoms with Gasteiger partial charge in [0.15, 0.2) is 0 Å². The average Bonchev–Trinajstić information content (AvgIpc) is 2.11. The lowest BCUT2D eigenvalue weighted by molar-refractivity contribution is 0.0521. The van der Waals surface area contributed by atoms with Gasteiger partial charge in [-0.05, 0) is 35.0 Å². The van der Waals surface area contributed by atoms with Crippen molar-refractivity contribution in [3.8, 4) is 0 Å². The first-order chi connectivity index (χ1) is 6.56. The van der Waals surface area contributed by atoms with Crippen molar-refractivity contribution in [2.24, 2.45) is 0 Å². The van der Waals surface area contributed by atoms with Crippen LogP contribution in [-0.2, 0) is 4.74 Å². The van der Waals surface area contributed by atoms with Crippen molar-refractivity contribution >= 4 is 33.5 Å². The van der Waals surface area contributed by atoms with Gasteiger partial charge < -0.3 is 4.74 Å². The zero-order valence-corrected chi connectivity index (χ0v) is 9.65. The fourth-order valence-electron chi connectivity index (χ4n) is 0.888. The molecule has 1 aromatic carbocycles. The summed E-state index contributed by atoms with van der Waals surface area (Å²) in [6, 6.07) is 2.37. The molecule has 1 rings (SSSR count). The normalized spacial score (nSPS) is 10.0. The predicted octanol–water partition coefficient (Wildman–Crippen LogP) is 3.42. The smallest absolute Gasteiger partial charge is 0.341 e. The number of carbonyl (C=O) groups is 1. The summed E-state index contributed by atoms with van der Waals surface area (Å²) < 4.78 is 18.3. The van der Waals surface area contributed by atoms with Gasteiger partial charge in [-0.1, -0.05) is 11.6 Å². The molecule has 0 fully saturated rings. The van der Waals surface area contributed by atoms with Crippen LogP contribution in [0.5, 0.6) is 0 Å². The lowest BCUT2D eigenvalue weighted by Gasteiger charge is -2.04.